The molecule has 4 rings (SSSR count). The van der Waals surface area contributed by atoms with Gasteiger partial charge in [-0.1, -0.05) is 36.4 Å². The summed E-state index contributed by atoms with van der Waals surface area (Å²) < 4.78 is 2.01. The fraction of sp³-hybridized carbons (Fsp3) is 0.292. The summed E-state index contributed by atoms with van der Waals surface area (Å²) in [7, 11) is 0. The van der Waals surface area contributed by atoms with Gasteiger partial charge in [0.05, 0.1) is 23.3 Å². The molecule has 1 saturated carbocycles. The number of aromatic nitrogens is 1. The van der Waals surface area contributed by atoms with Crippen LogP contribution in [0.3, 0.4) is 0 Å². The van der Waals surface area contributed by atoms with Crippen LogP contribution in [0.1, 0.15) is 36.1 Å². The number of hydrogen-bond acceptors (Lipinski definition) is 5. The first-order chi connectivity index (χ1) is 14.5. The molecule has 0 radical (unpaired) electrons. The normalized spacial score (nSPS) is 25.5. The van der Waals surface area contributed by atoms with Crippen LogP contribution in [0, 0.1) is 40.9 Å². The van der Waals surface area contributed by atoms with Crippen molar-refractivity contribution in [2.24, 2.45) is 5.92 Å². The van der Waals surface area contributed by atoms with Gasteiger partial charge in [0, 0.05) is 25.0 Å². The third-order valence-corrected chi connectivity index (χ3v) is 6.04. The van der Waals surface area contributed by atoms with Crippen molar-refractivity contribution in [1.82, 2.24) is 5.32 Å². The molecule has 3 atom stereocenters. The number of rotatable bonds is 4. The third kappa shape index (κ3) is 3.09. The summed E-state index contributed by atoms with van der Waals surface area (Å²) in [5, 5.41) is 42.4. The van der Waals surface area contributed by atoms with Gasteiger partial charge in [0.15, 0.2) is 11.9 Å². The second-order valence-corrected chi connectivity index (χ2v) is 7.82. The van der Waals surface area contributed by atoms with Crippen LogP contribution in [-0.4, -0.2) is 16.7 Å². The molecular formula is C24H22N5O+. The Morgan fingerprint density at radius 2 is 1.87 bits per heavy atom. The summed E-state index contributed by atoms with van der Waals surface area (Å²) in [5.74, 6) is 1.61. The van der Waals surface area contributed by atoms with E-state index in [1.54, 1.807) is 0 Å². The Bertz CT molecular complexity index is 1150. The second-order valence-electron chi connectivity index (χ2n) is 7.82. The van der Waals surface area contributed by atoms with E-state index in [0.717, 1.165) is 24.1 Å². The van der Waals surface area contributed by atoms with E-state index in [-0.39, 0.29) is 17.2 Å². The molecule has 3 N–H and O–H groups in total. The summed E-state index contributed by atoms with van der Waals surface area (Å²) in [6, 6.07) is 19.1. The highest BCUT2D eigenvalue weighted by atomic mass is 16.3. The summed E-state index contributed by atoms with van der Waals surface area (Å²) in [6.07, 6.45) is 3.61. The molecule has 0 unspecified atom stereocenters. The number of aryl methyl sites for hydroxylation is 1. The van der Waals surface area contributed by atoms with Gasteiger partial charge in [-0.15, -0.1) is 0 Å². The molecule has 2 aliphatic rings. The fourth-order valence-corrected chi connectivity index (χ4v) is 4.48. The van der Waals surface area contributed by atoms with E-state index in [1.165, 1.54) is 0 Å². The highest BCUT2D eigenvalue weighted by molar-refractivity contribution is 5.71. The lowest BCUT2D eigenvalue weighted by Gasteiger charge is -2.43. The minimum absolute atomic E-state index is 0.0262. The van der Waals surface area contributed by atoms with Gasteiger partial charge < -0.3 is 10.4 Å². The maximum Gasteiger partial charge on any atom is 0.217 e. The van der Waals surface area contributed by atoms with Gasteiger partial charge in [-0.05, 0) is 24.3 Å². The van der Waals surface area contributed by atoms with Gasteiger partial charge in [0.1, 0.15) is 11.6 Å². The molecule has 1 aromatic carbocycles. The quantitative estimate of drug-likeness (QED) is 0.419. The van der Waals surface area contributed by atoms with Crippen LogP contribution in [-0.2, 0) is 0 Å². The van der Waals surface area contributed by atoms with E-state index in [1.807, 2.05) is 72.3 Å². The average Bonchev–Trinajstić information content (AvgIpc) is 3.62. The summed E-state index contributed by atoms with van der Waals surface area (Å²) in [6.45, 7) is 1.97. The van der Waals surface area contributed by atoms with Crippen LogP contribution < -0.4 is 9.88 Å². The van der Waals surface area contributed by atoms with Gasteiger partial charge >= 0.3 is 0 Å². The highest BCUT2D eigenvalue weighted by Crippen LogP contribution is 2.52. The highest BCUT2D eigenvalue weighted by Gasteiger charge is 2.61. The Morgan fingerprint density at radius 1 is 1.17 bits per heavy atom. The zero-order valence-corrected chi connectivity index (χ0v) is 16.6. The van der Waals surface area contributed by atoms with Crippen molar-refractivity contribution in [3.63, 3.8) is 0 Å². The topological polar surface area (TPSA) is 108 Å². The molecule has 1 aliphatic carbocycles. The molecular weight excluding hydrogens is 374 g/mol. The number of hydrogen-bond donors (Lipinski definition) is 3. The summed E-state index contributed by atoms with van der Waals surface area (Å²) in [4.78, 5) is 0. The zero-order valence-electron chi connectivity index (χ0n) is 16.6. The molecule has 1 aliphatic heterocycles. The Kier molecular flexibility index (Phi) is 4.98. The first-order valence-electron chi connectivity index (χ1n) is 9.91. The van der Waals surface area contributed by atoms with Crippen LogP contribution in [0.4, 0.5) is 0 Å². The number of pyridine rings is 1. The van der Waals surface area contributed by atoms with E-state index < -0.39 is 17.7 Å². The molecule has 0 bridgehead atoms. The molecule has 6 heteroatoms. The molecule has 6 nitrogen and oxygen atoms in total. The Morgan fingerprint density at radius 3 is 2.43 bits per heavy atom. The van der Waals surface area contributed by atoms with Gasteiger partial charge in [-0.2, -0.15) is 15.1 Å². The van der Waals surface area contributed by atoms with Gasteiger partial charge in [-0.25, -0.2) is 0 Å². The van der Waals surface area contributed by atoms with Crippen molar-refractivity contribution >= 4 is 5.87 Å². The number of allylic oxidation sites excluding steroid dienone is 2. The molecule has 1 aromatic heterocycles. The van der Waals surface area contributed by atoms with Crippen LogP contribution >= 0.6 is 0 Å². The molecule has 30 heavy (non-hydrogen) atoms. The largest absolute Gasteiger partial charge is 0.365 e. The number of nitriles is 2. The number of benzene rings is 1. The maximum absolute atomic E-state index is 12.0. The lowest BCUT2D eigenvalue weighted by atomic mass is 9.73. The van der Waals surface area contributed by atoms with Gasteiger partial charge in [0.2, 0.25) is 11.8 Å². The first-order valence-corrected chi connectivity index (χ1v) is 9.91. The van der Waals surface area contributed by atoms with Crippen molar-refractivity contribution in [1.29, 1.82) is 15.9 Å². The van der Waals surface area contributed by atoms with E-state index >= 15 is 0 Å². The van der Waals surface area contributed by atoms with Crippen LogP contribution in [0.5, 0.6) is 0 Å². The Hall–Kier alpha value is -3.70. The zero-order chi connectivity index (χ0) is 21.3. The minimum Gasteiger partial charge on any atom is -0.365 e. The maximum atomic E-state index is 12.0. The van der Waals surface area contributed by atoms with E-state index in [2.05, 4.69) is 17.3 Å². The van der Waals surface area contributed by atoms with E-state index in [9.17, 15) is 15.6 Å². The van der Waals surface area contributed by atoms with Crippen molar-refractivity contribution in [2.75, 3.05) is 0 Å². The van der Waals surface area contributed by atoms with Crippen molar-refractivity contribution < 1.29 is 9.67 Å². The monoisotopic (exact) mass is 396 g/mol. The Balaban J connectivity index is 2.06. The van der Waals surface area contributed by atoms with Crippen molar-refractivity contribution in [3.8, 4) is 12.1 Å². The third-order valence-electron chi connectivity index (χ3n) is 6.04. The standard InChI is InChI=1S/C24H22N5O/c1-16-7-5-6-12-29(16)23-21(17-8-3-2-4-9-17)20(15-27)22(18(13-25)14-26)28-24(23,30)19-10-11-19/h2-9,12,19,21,23,25,28,30H,10-11H2,1H3/q+1/t21-,23-,24-/m0/s1. The van der Waals surface area contributed by atoms with E-state index in [0.29, 0.717) is 5.57 Å². The first kappa shape index (κ1) is 19.6. The molecule has 1 fully saturated rings. The molecule has 0 saturated heterocycles. The molecule has 2 heterocycles. The van der Waals surface area contributed by atoms with Crippen LogP contribution in [0.2, 0.25) is 0 Å². The Labute approximate surface area is 175 Å². The fourth-order valence-electron chi connectivity index (χ4n) is 4.48. The molecule has 0 amide bonds. The minimum atomic E-state index is -1.38. The average molecular weight is 396 g/mol. The number of nitrogens with zero attached hydrogens (tertiary/aromatic N) is 3. The van der Waals surface area contributed by atoms with E-state index in [4.69, 9.17) is 5.41 Å². The van der Waals surface area contributed by atoms with Crippen molar-refractivity contribution in [2.45, 2.75) is 37.5 Å². The number of nitrogens with one attached hydrogen (secondary N) is 2. The predicted octanol–water partition coefficient (Wildman–Crippen LogP) is 2.79. The van der Waals surface area contributed by atoms with Gasteiger partial charge in [0.25, 0.3) is 0 Å². The SMILES string of the molecule is Cc1cccc[n+]1[C@H]1[C@@H](c2ccccc2)C(C#N)=C(C(=C=N)C#N)N[C@]1(O)C1CC1. The lowest BCUT2D eigenvalue weighted by Crippen LogP contribution is -2.66. The number of aliphatic hydroxyl groups is 1. The smallest absolute Gasteiger partial charge is 0.217 e. The van der Waals surface area contributed by atoms with Crippen molar-refractivity contribution in [3.05, 3.63) is 82.8 Å². The van der Waals surface area contributed by atoms with Crippen LogP contribution in [0.15, 0.2) is 71.6 Å². The molecule has 148 valence electrons. The summed E-state index contributed by atoms with van der Waals surface area (Å²) >= 11 is 0. The van der Waals surface area contributed by atoms with Crippen LogP contribution in [0.25, 0.3) is 0 Å². The molecule has 0 spiro atoms. The predicted molar refractivity (Wildman–Crippen MR) is 110 cm³/mol. The van der Waals surface area contributed by atoms with Gasteiger partial charge in [-0.3, -0.25) is 5.41 Å². The second kappa shape index (κ2) is 7.61. The lowest BCUT2D eigenvalue weighted by molar-refractivity contribution is -0.747. The molecule has 2 aromatic rings. The summed E-state index contributed by atoms with van der Waals surface area (Å²) in [5.41, 5.74) is 0.877.